The summed E-state index contributed by atoms with van der Waals surface area (Å²) in [6.45, 7) is 0. The highest BCUT2D eigenvalue weighted by atomic mass is 35.5. The van der Waals surface area contributed by atoms with Crippen molar-refractivity contribution >= 4 is 39.9 Å². The third-order valence-corrected chi connectivity index (χ3v) is 1.77. The molecule has 1 aliphatic heterocycles. The van der Waals surface area contributed by atoms with Crippen LogP contribution in [0.2, 0.25) is 5.02 Å². The molecule has 1 aromatic rings. The summed E-state index contributed by atoms with van der Waals surface area (Å²) in [5.41, 5.74) is 1.52. The number of amidine groups is 1. The second-order valence-corrected chi connectivity index (χ2v) is 2.90. The minimum Gasteiger partial charge on any atom is -0.216 e. The second kappa shape index (κ2) is 2.40. The summed E-state index contributed by atoms with van der Waals surface area (Å²) in [4.78, 5) is 3.94. The zero-order valence-corrected chi connectivity index (χ0v) is 6.89. The Morgan fingerprint density at radius 2 is 1.91 bits per heavy atom. The zero-order valence-electron chi connectivity index (χ0n) is 5.38. The maximum absolute atomic E-state index is 5.72. The maximum Gasteiger partial charge on any atom is 0.223 e. The normalized spacial score (nSPS) is 13.8. The summed E-state index contributed by atoms with van der Waals surface area (Å²) in [6, 6.07) is 5.28. The van der Waals surface area contributed by atoms with Gasteiger partial charge < -0.3 is 0 Å². The lowest BCUT2D eigenvalue weighted by molar-refractivity contribution is 1.34. The van der Waals surface area contributed by atoms with Gasteiger partial charge in [0.05, 0.1) is 11.4 Å². The molecule has 1 heterocycles. The minimum atomic E-state index is 0.266. The molecule has 0 saturated heterocycles. The summed E-state index contributed by atoms with van der Waals surface area (Å²) in [5, 5.41) is 4.86. The van der Waals surface area contributed by atoms with E-state index in [0.29, 0.717) is 5.02 Å². The molecule has 2 rings (SSSR count). The molecule has 1 aromatic carbocycles. The monoisotopic (exact) mass is 185 g/mol. The van der Waals surface area contributed by atoms with Crippen molar-refractivity contribution in [3.63, 3.8) is 0 Å². The van der Waals surface area contributed by atoms with Crippen molar-refractivity contribution in [3.05, 3.63) is 23.2 Å². The van der Waals surface area contributed by atoms with Gasteiger partial charge in [0.2, 0.25) is 5.29 Å². The summed E-state index contributed by atoms with van der Waals surface area (Å²) >= 11 is 11.3. The number of rotatable bonds is 0. The van der Waals surface area contributed by atoms with Crippen LogP contribution >= 0.6 is 23.2 Å². The van der Waals surface area contributed by atoms with E-state index in [-0.39, 0.29) is 5.29 Å². The van der Waals surface area contributed by atoms with Crippen LogP contribution in [0, 0.1) is 0 Å². The standard InChI is InChI=1S/C7H3Cl2N2/c8-4-1-2-5-6(3-4)11-7(9)10-5/h1-3H. The molecular formula is C7H3Cl2N2. The van der Waals surface area contributed by atoms with Gasteiger partial charge in [-0.2, -0.15) is 0 Å². The van der Waals surface area contributed by atoms with Crippen LogP contribution < -0.4 is 5.32 Å². The van der Waals surface area contributed by atoms with Gasteiger partial charge in [0, 0.05) is 5.02 Å². The van der Waals surface area contributed by atoms with Crippen molar-refractivity contribution in [1.82, 2.24) is 5.32 Å². The first-order valence-corrected chi connectivity index (χ1v) is 3.77. The number of aliphatic imine (C=N–C) groups is 1. The first-order valence-electron chi connectivity index (χ1n) is 3.01. The van der Waals surface area contributed by atoms with Crippen LogP contribution in [0.1, 0.15) is 0 Å². The molecule has 4 heteroatoms. The molecule has 1 aliphatic rings. The smallest absolute Gasteiger partial charge is 0.216 e. The van der Waals surface area contributed by atoms with Gasteiger partial charge in [-0.1, -0.05) is 11.6 Å². The fraction of sp³-hybridized carbons (Fsp3) is 0. The first kappa shape index (κ1) is 6.95. The van der Waals surface area contributed by atoms with E-state index < -0.39 is 0 Å². The van der Waals surface area contributed by atoms with Crippen LogP contribution in [0.15, 0.2) is 23.2 Å². The topological polar surface area (TPSA) is 26.5 Å². The van der Waals surface area contributed by atoms with Crippen molar-refractivity contribution in [2.24, 2.45) is 4.99 Å². The third kappa shape index (κ3) is 1.19. The van der Waals surface area contributed by atoms with Gasteiger partial charge in [0.15, 0.2) is 0 Å². The van der Waals surface area contributed by atoms with E-state index in [9.17, 15) is 0 Å². The number of nitrogens with zero attached hydrogens (tertiary/aromatic N) is 2. The van der Waals surface area contributed by atoms with Gasteiger partial charge in [-0.15, -0.1) is 0 Å². The fourth-order valence-electron chi connectivity index (χ4n) is 0.904. The lowest BCUT2D eigenvalue weighted by atomic mass is 10.3. The lowest BCUT2D eigenvalue weighted by Gasteiger charge is -1.93. The molecule has 0 saturated carbocycles. The van der Waals surface area contributed by atoms with Gasteiger partial charge in [0.25, 0.3) is 0 Å². The maximum atomic E-state index is 5.72. The average molecular weight is 186 g/mol. The van der Waals surface area contributed by atoms with E-state index in [2.05, 4.69) is 10.3 Å². The van der Waals surface area contributed by atoms with Crippen molar-refractivity contribution in [2.75, 3.05) is 0 Å². The number of halogens is 2. The molecule has 55 valence electrons. The van der Waals surface area contributed by atoms with Crippen LogP contribution in [0.5, 0.6) is 0 Å². The molecule has 0 bridgehead atoms. The van der Waals surface area contributed by atoms with Crippen molar-refractivity contribution < 1.29 is 0 Å². The Morgan fingerprint density at radius 1 is 1.09 bits per heavy atom. The van der Waals surface area contributed by atoms with Crippen LogP contribution in [0.25, 0.3) is 0 Å². The fourth-order valence-corrected chi connectivity index (χ4v) is 1.25. The van der Waals surface area contributed by atoms with Gasteiger partial charge >= 0.3 is 0 Å². The molecule has 0 N–H and O–H groups in total. The van der Waals surface area contributed by atoms with E-state index in [1.807, 2.05) is 0 Å². The summed E-state index contributed by atoms with van der Waals surface area (Å²) < 4.78 is 0. The quantitative estimate of drug-likeness (QED) is 0.557. The average Bonchev–Trinajstić information content (AvgIpc) is 2.27. The van der Waals surface area contributed by atoms with Crippen molar-refractivity contribution in [1.29, 1.82) is 0 Å². The molecule has 0 aliphatic carbocycles. The Hall–Kier alpha value is -0.730. The van der Waals surface area contributed by atoms with E-state index in [1.165, 1.54) is 0 Å². The molecule has 0 unspecified atom stereocenters. The van der Waals surface area contributed by atoms with Crippen molar-refractivity contribution in [3.8, 4) is 0 Å². The van der Waals surface area contributed by atoms with Crippen molar-refractivity contribution in [2.45, 2.75) is 0 Å². The highest BCUT2D eigenvalue weighted by Gasteiger charge is 2.13. The number of fused-ring (bicyclic) bond motifs is 1. The highest BCUT2D eigenvalue weighted by molar-refractivity contribution is 6.66. The van der Waals surface area contributed by atoms with Gasteiger partial charge in [-0.3, -0.25) is 0 Å². The van der Waals surface area contributed by atoms with Gasteiger partial charge in [-0.25, -0.2) is 10.3 Å². The molecule has 0 fully saturated rings. The van der Waals surface area contributed by atoms with Crippen LogP contribution in [-0.4, -0.2) is 5.29 Å². The van der Waals surface area contributed by atoms with Crippen LogP contribution in [-0.2, 0) is 0 Å². The summed E-state index contributed by atoms with van der Waals surface area (Å²) in [5.74, 6) is 0. The zero-order chi connectivity index (χ0) is 7.84. The van der Waals surface area contributed by atoms with Gasteiger partial charge in [-0.05, 0) is 29.8 Å². The Labute approximate surface area is 73.8 Å². The summed E-state index contributed by atoms with van der Waals surface area (Å²) in [6.07, 6.45) is 0. The predicted octanol–water partition coefficient (Wildman–Crippen LogP) is 2.82. The SMILES string of the molecule is ClC1=Nc2cc(Cl)ccc2[N]1. The first-order chi connectivity index (χ1) is 5.25. The molecule has 0 atom stereocenters. The molecule has 0 aromatic heterocycles. The molecule has 0 spiro atoms. The lowest BCUT2D eigenvalue weighted by Crippen LogP contribution is -1.94. The third-order valence-electron chi connectivity index (χ3n) is 1.36. The molecule has 0 amide bonds. The van der Waals surface area contributed by atoms with E-state index >= 15 is 0 Å². The molecule has 11 heavy (non-hydrogen) atoms. The number of hydrogen-bond donors (Lipinski definition) is 0. The second-order valence-electron chi connectivity index (χ2n) is 2.13. The molecule has 1 radical (unpaired) electrons. The minimum absolute atomic E-state index is 0.266. The van der Waals surface area contributed by atoms with Crippen LogP contribution in [0.4, 0.5) is 11.4 Å². The van der Waals surface area contributed by atoms with Gasteiger partial charge in [0.1, 0.15) is 0 Å². The Balaban J connectivity index is 2.54. The molecular weight excluding hydrogens is 183 g/mol. The largest absolute Gasteiger partial charge is 0.223 e. The van der Waals surface area contributed by atoms with E-state index in [0.717, 1.165) is 11.4 Å². The highest BCUT2D eigenvalue weighted by Crippen LogP contribution is 2.33. The summed E-state index contributed by atoms with van der Waals surface area (Å²) in [7, 11) is 0. The Bertz CT molecular complexity index is 333. The van der Waals surface area contributed by atoms with Crippen LogP contribution in [0.3, 0.4) is 0 Å². The Morgan fingerprint density at radius 3 is 2.73 bits per heavy atom. The van der Waals surface area contributed by atoms with E-state index in [1.54, 1.807) is 18.2 Å². The van der Waals surface area contributed by atoms with E-state index in [4.69, 9.17) is 23.2 Å². The molecule has 2 nitrogen and oxygen atoms in total. The number of hydrogen-bond acceptors (Lipinski definition) is 1. The Kier molecular flexibility index (Phi) is 1.51. The predicted molar refractivity (Wildman–Crippen MR) is 46.2 cm³/mol. The number of benzene rings is 1.